The van der Waals surface area contributed by atoms with Crippen molar-refractivity contribution >= 4 is 0 Å². The van der Waals surface area contributed by atoms with Crippen molar-refractivity contribution in [1.82, 2.24) is 0 Å². The summed E-state index contributed by atoms with van der Waals surface area (Å²) in [7, 11) is 0. The minimum Gasteiger partial charge on any atom is -0.103 e. The van der Waals surface area contributed by atoms with E-state index in [4.69, 9.17) is 0 Å². The van der Waals surface area contributed by atoms with E-state index in [1.165, 1.54) is 86.5 Å². The van der Waals surface area contributed by atoms with Crippen LogP contribution in [0.4, 0.5) is 0 Å². The van der Waals surface area contributed by atoms with E-state index in [9.17, 15) is 0 Å². The smallest absolute Gasteiger partial charge is 0.0249 e. The van der Waals surface area contributed by atoms with Gasteiger partial charge in [-0.05, 0) is 35.1 Å². The van der Waals surface area contributed by atoms with E-state index in [-0.39, 0.29) is 5.41 Å². The molecular weight excluding hydrogens is 324 g/mol. The van der Waals surface area contributed by atoms with Gasteiger partial charge in [-0.15, -0.1) is 6.58 Å². The van der Waals surface area contributed by atoms with Gasteiger partial charge in [0, 0.05) is 5.41 Å². The molecular formula is C27H36. The Morgan fingerprint density at radius 2 is 1.19 bits per heavy atom. The van der Waals surface area contributed by atoms with E-state index >= 15 is 0 Å². The molecule has 2 aromatic carbocycles. The Balaban J connectivity index is 1.64. The minimum absolute atomic E-state index is 0.135. The fourth-order valence-electron chi connectivity index (χ4n) is 4.99. The topological polar surface area (TPSA) is 0 Å². The average Bonchev–Trinajstić information content (AvgIpc) is 2.98. The van der Waals surface area contributed by atoms with Crippen LogP contribution in [0.15, 0.2) is 61.2 Å². The van der Waals surface area contributed by atoms with Gasteiger partial charge in [0.25, 0.3) is 0 Å². The molecule has 0 atom stereocenters. The van der Waals surface area contributed by atoms with Crippen molar-refractivity contribution in [3.63, 3.8) is 0 Å². The van der Waals surface area contributed by atoms with Crippen LogP contribution in [-0.4, -0.2) is 0 Å². The summed E-state index contributed by atoms with van der Waals surface area (Å²) in [6.45, 7) is 6.40. The molecule has 0 fully saturated rings. The third kappa shape index (κ3) is 4.37. The van der Waals surface area contributed by atoms with Gasteiger partial charge in [-0.25, -0.2) is 0 Å². The molecule has 0 radical (unpaired) electrons. The molecule has 0 aliphatic heterocycles. The van der Waals surface area contributed by atoms with Crippen molar-refractivity contribution in [2.75, 3.05) is 0 Å². The lowest BCUT2D eigenvalue weighted by molar-refractivity contribution is 0.449. The molecule has 2 aromatic rings. The van der Waals surface area contributed by atoms with E-state index in [0.29, 0.717) is 0 Å². The normalized spacial score (nSPS) is 14.0. The van der Waals surface area contributed by atoms with Gasteiger partial charge >= 0.3 is 0 Å². The van der Waals surface area contributed by atoms with Crippen molar-refractivity contribution in [2.45, 2.75) is 83.0 Å². The number of fused-ring (bicyclic) bond motifs is 3. The lowest BCUT2D eigenvalue weighted by Crippen LogP contribution is -2.24. The molecule has 0 N–H and O–H groups in total. The van der Waals surface area contributed by atoms with Gasteiger partial charge in [-0.1, -0.05) is 119 Å². The Morgan fingerprint density at radius 1 is 0.704 bits per heavy atom. The first-order chi connectivity index (χ1) is 13.3. The van der Waals surface area contributed by atoms with Gasteiger partial charge in [0.15, 0.2) is 0 Å². The molecule has 0 heteroatoms. The third-order valence-corrected chi connectivity index (χ3v) is 6.38. The number of unbranched alkanes of at least 4 members (excludes halogenated alkanes) is 8. The summed E-state index contributed by atoms with van der Waals surface area (Å²) in [5.74, 6) is 0. The van der Waals surface area contributed by atoms with Crippen LogP contribution in [0.2, 0.25) is 0 Å². The van der Waals surface area contributed by atoms with E-state index < -0.39 is 0 Å². The SMILES string of the molecule is C=CCC1(CCCCCCCCCCC)c2ccccc2-c2ccccc21. The highest BCUT2D eigenvalue weighted by Crippen LogP contribution is 2.53. The summed E-state index contributed by atoms with van der Waals surface area (Å²) in [5.41, 5.74) is 6.05. The van der Waals surface area contributed by atoms with Gasteiger partial charge in [-0.2, -0.15) is 0 Å². The summed E-state index contributed by atoms with van der Waals surface area (Å²) < 4.78 is 0. The van der Waals surface area contributed by atoms with Crippen molar-refractivity contribution < 1.29 is 0 Å². The molecule has 0 nitrogen and oxygen atoms in total. The second-order valence-electron chi connectivity index (χ2n) is 8.24. The molecule has 0 unspecified atom stereocenters. The van der Waals surface area contributed by atoms with Crippen LogP contribution < -0.4 is 0 Å². The van der Waals surface area contributed by atoms with Gasteiger partial charge in [0.2, 0.25) is 0 Å². The van der Waals surface area contributed by atoms with Crippen LogP contribution in [0, 0.1) is 0 Å². The zero-order valence-electron chi connectivity index (χ0n) is 17.2. The first kappa shape index (κ1) is 19.9. The van der Waals surface area contributed by atoms with Gasteiger partial charge in [0.05, 0.1) is 0 Å². The maximum atomic E-state index is 4.11. The van der Waals surface area contributed by atoms with Crippen molar-refractivity contribution in [2.24, 2.45) is 0 Å². The van der Waals surface area contributed by atoms with Gasteiger partial charge in [-0.3, -0.25) is 0 Å². The van der Waals surface area contributed by atoms with Crippen molar-refractivity contribution in [1.29, 1.82) is 0 Å². The minimum atomic E-state index is 0.135. The van der Waals surface area contributed by atoms with E-state index in [1.54, 1.807) is 0 Å². The van der Waals surface area contributed by atoms with Gasteiger partial charge < -0.3 is 0 Å². The molecule has 3 rings (SSSR count). The van der Waals surface area contributed by atoms with Crippen LogP contribution in [0.5, 0.6) is 0 Å². The van der Waals surface area contributed by atoms with Crippen LogP contribution in [0.1, 0.15) is 88.7 Å². The quantitative estimate of drug-likeness (QED) is 0.263. The Morgan fingerprint density at radius 3 is 1.70 bits per heavy atom. The largest absolute Gasteiger partial charge is 0.103 e. The Labute approximate surface area is 166 Å². The highest BCUT2D eigenvalue weighted by atomic mass is 14.4. The van der Waals surface area contributed by atoms with Crippen LogP contribution in [0.3, 0.4) is 0 Å². The predicted octanol–water partition coefficient (Wildman–Crippen LogP) is 8.45. The summed E-state index contributed by atoms with van der Waals surface area (Å²) in [6.07, 6.45) is 16.9. The van der Waals surface area contributed by atoms with Crippen molar-refractivity contribution in [3.8, 4) is 11.1 Å². The zero-order valence-corrected chi connectivity index (χ0v) is 17.2. The lowest BCUT2D eigenvalue weighted by atomic mass is 9.72. The zero-order chi connectivity index (χ0) is 19.0. The van der Waals surface area contributed by atoms with Gasteiger partial charge in [0.1, 0.15) is 0 Å². The Hall–Kier alpha value is -1.82. The van der Waals surface area contributed by atoms with E-state index in [1.807, 2.05) is 0 Å². The first-order valence-corrected chi connectivity index (χ1v) is 11.1. The number of allylic oxidation sites excluding steroid dienone is 1. The van der Waals surface area contributed by atoms with Crippen LogP contribution in [0.25, 0.3) is 11.1 Å². The molecule has 0 amide bonds. The second-order valence-corrected chi connectivity index (χ2v) is 8.24. The highest BCUT2D eigenvalue weighted by Gasteiger charge is 2.41. The first-order valence-electron chi connectivity index (χ1n) is 11.1. The molecule has 0 bridgehead atoms. The second kappa shape index (κ2) is 9.93. The molecule has 0 saturated carbocycles. The molecule has 1 aliphatic carbocycles. The molecule has 0 aromatic heterocycles. The average molecular weight is 361 g/mol. The monoisotopic (exact) mass is 360 g/mol. The molecule has 27 heavy (non-hydrogen) atoms. The molecule has 0 spiro atoms. The van der Waals surface area contributed by atoms with E-state index in [0.717, 1.165) is 6.42 Å². The maximum Gasteiger partial charge on any atom is 0.0249 e. The van der Waals surface area contributed by atoms with Crippen LogP contribution >= 0.6 is 0 Å². The molecule has 0 saturated heterocycles. The number of rotatable bonds is 12. The summed E-state index contributed by atoms with van der Waals surface area (Å²) >= 11 is 0. The summed E-state index contributed by atoms with van der Waals surface area (Å²) in [4.78, 5) is 0. The summed E-state index contributed by atoms with van der Waals surface area (Å²) in [5, 5.41) is 0. The molecule has 1 aliphatic rings. The number of hydrogen-bond acceptors (Lipinski definition) is 0. The Kier molecular flexibility index (Phi) is 7.33. The molecule has 144 valence electrons. The fraction of sp³-hybridized carbons (Fsp3) is 0.481. The van der Waals surface area contributed by atoms with Crippen molar-refractivity contribution in [3.05, 3.63) is 72.3 Å². The molecule has 0 heterocycles. The predicted molar refractivity (Wildman–Crippen MR) is 119 cm³/mol. The summed E-state index contributed by atoms with van der Waals surface area (Å²) in [6, 6.07) is 18.1. The fourth-order valence-corrected chi connectivity index (χ4v) is 4.99. The van der Waals surface area contributed by atoms with E-state index in [2.05, 4.69) is 68.1 Å². The maximum absolute atomic E-state index is 4.11. The number of benzene rings is 2. The standard InChI is InChI=1S/C27H36/c1-3-5-6-7-8-9-10-11-16-22-27(21-4-2)25-19-14-12-17-23(25)24-18-13-15-20-26(24)27/h4,12-15,17-20H,2-3,5-11,16,21-22H2,1H3. The number of hydrogen-bond donors (Lipinski definition) is 0. The highest BCUT2D eigenvalue weighted by molar-refractivity contribution is 5.81. The lowest BCUT2D eigenvalue weighted by Gasteiger charge is -2.31. The third-order valence-electron chi connectivity index (χ3n) is 6.38. The Bertz CT molecular complexity index is 679. The van der Waals surface area contributed by atoms with Crippen LogP contribution in [-0.2, 0) is 5.41 Å².